The van der Waals surface area contributed by atoms with E-state index in [1.165, 1.54) is 14.2 Å². The first-order valence-electron chi connectivity index (χ1n) is 10.2. The van der Waals surface area contributed by atoms with Crippen molar-refractivity contribution in [2.45, 2.75) is 46.3 Å². The van der Waals surface area contributed by atoms with Gasteiger partial charge in [-0.2, -0.15) is 7.11 Å². The predicted octanol–water partition coefficient (Wildman–Crippen LogP) is 0.541. The molecule has 0 atom stereocenters. The van der Waals surface area contributed by atoms with Crippen molar-refractivity contribution in [3.8, 4) is 12.0 Å². The van der Waals surface area contributed by atoms with E-state index >= 15 is 0 Å². The summed E-state index contributed by atoms with van der Waals surface area (Å²) < 4.78 is 23.1. The van der Waals surface area contributed by atoms with Gasteiger partial charge < -0.3 is 23.9 Å². The zero-order valence-corrected chi connectivity index (χ0v) is 27.8. The summed E-state index contributed by atoms with van der Waals surface area (Å²) in [7, 11) is 3.39. The maximum Gasteiger partial charge on any atom is 1.00 e. The van der Waals surface area contributed by atoms with Crippen LogP contribution < -0.4 is 49.6 Å². The third-order valence-electron chi connectivity index (χ3n) is 4.72. The van der Waals surface area contributed by atoms with Crippen LogP contribution in [0.5, 0.6) is 12.0 Å². The van der Waals surface area contributed by atoms with Gasteiger partial charge in [0.15, 0.2) is 0 Å². The van der Waals surface area contributed by atoms with Gasteiger partial charge in [-0.05, 0) is 71.2 Å². The Morgan fingerprint density at radius 1 is 0.737 bits per heavy atom. The van der Waals surface area contributed by atoms with Crippen molar-refractivity contribution in [3.63, 3.8) is 0 Å². The van der Waals surface area contributed by atoms with Crippen molar-refractivity contribution >= 4 is 56.0 Å². The fourth-order valence-corrected chi connectivity index (χ4v) is 2.74. The third-order valence-corrected chi connectivity index (χ3v) is 5.74. The topological polar surface area (TPSA) is 137 Å². The van der Waals surface area contributed by atoms with E-state index < -0.39 is 7.12 Å². The van der Waals surface area contributed by atoms with Gasteiger partial charge in [-0.3, -0.25) is 0 Å². The van der Waals surface area contributed by atoms with Crippen molar-refractivity contribution < 1.29 is 53.4 Å². The SMILES string of the molecule is C.COc1ncc(B2OC(C)(C)C(C)(C)O2)cn1.COc1ncc(Br)cn1.C[O-].Clc1ncc(Br)cn1.[Na+]. The minimum atomic E-state index is -0.425. The smallest absolute Gasteiger partial charge is 0.857 e. The average molecular weight is 689 g/mol. The minimum Gasteiger partial charge on any atom is -0.857 e. The molecule has 16 heteroatoms. The monoisotopic (exact) mass is 686 g/mol. The second-order valence-corrected chi connectivity index (χ2v) is 9.82. The van der Waals surface area contributed by atoms with Crippen LogP contribution in [0.1, 0.15) is 35.1 Å². The molecule has 1 aliphatic rings. The molecule has 11 nitrogen and oxygen atoms in total. The van der Waals surface area contributed by atoms with Crippen molar-refractivity contribution in [2.24, 2.45) is 0 Å². The second kappa shape index (κ2) is 19.2. The fourth-order valence-electron chi connectivity index (χ4n) is 2.23. The van der Waals surface area contributed by atoms with Crippen molar-refractivity contribution in [1.82, 2.24) is 29.9 Å². The van der Waals surface area contributed by atoms with Crippen LogP contribution >= 0.6 is 43.5 Å². The summed E-state index contributed by atoms with van der Waals surface area (Å²) in [6.45, 7) is 8.05. The van der Waals surface area contributed by atoms with Crippen LogP contribution in [0.15, 0.2) is 46.1 Å². The predicted molar refractivity (Wildman–Crippen MR) is 148 cm³/mol. The number of aromatic nitrogens is 6. The Morgan fingerprint density at radius 3 is 1.37 bits per heavy atom. The molecule has 4 rings (SSSR count). The molecule has 0 saturated carbocycles. The molecule has 1 fully saturated rings. The summed E-state index contributed by atoms with van der Waals surface area (Å²) in [5, 5.41) is 8.52. The van der Waals surface area contributed by atoms with Crippen LogP contribution in [0, 0.1) is 0 Å². The van der Waals surface area contributed by atoms with Gasteiger partial charge in [0.05, 0.1) is 34.4 Å². The first-order valence-corrected chi connectivity index (χ1v) is 12.2. The molecule has 4 heterocycles. The molecule has 0 aromatic carbocycles. The van der Waals surface area contributed by atoms with E-state index in [0.717, 1.165) is 21.5 Å². The van der Waals surface area contributed by atoms with Gasteiger partial charge >= 0.3 is 48.7 Å². The normalized spacial score (nSPS) is 13.9. The molecule has 0 N–H and O–H groups in total. The number of hydrogen-bond donors (Lipinski definition) is 0. The first kappa shape index (κ1) is 39.2. The van der Waals surface area contributed by atoms with Crippen LogP contribution in [-0.4, -0.2) is 69.6 Å². The van der Waals surface area contributed by atoms with E-state index in [-0.39, 0.29) is 53.5 Å². The Bertz CT molecular complexity index is 1000. The molecule has 204 valence electrons. The molecule has 0 radical (unpaired) electrons. The van der Waals surface area contributed by atoms with Gasteiger partial charge in [-0.15, -0.1) is 0 Å². The Labute approximate surface area is 268 Å². The summed E-state index contributed by atoms with van der Waals surface area (Å²) in [6, 6.07) is 0.725. The Morgan fingerprint density at radius 2 is 1.05 bits per heavy atom. The summed E-state index contributed by atoms with van der Waals surface area (Å²) >= 11 is 11.7. The zero-order chi connectivity index (χ0) is 27.4. The van der Waals surface area contributed by atoms with Crippen LogP contribution in [-0.2, 0) is 9.31 Å². The quantitative estimate of drug-likeness (QED) is 0.282. The zero-order valence-electron chi connectivity index (χ0n) is 21.9. The van der Waals surface area contributed by atoms with Gasteiger partial charge in [-0.25, -0.2) is 29.9 Å². The number of nitrogens with zero attached hydrogens (tertiary/aromatic N) is 6. The molecule has 0 bridgehead atoms. The van der Waals surface area contributed by atoms with Crippen LogP contribution in [0.3, 0.4) is 0 Å². The van der Waals surface area contributed by atoms with E-state index in [0.29, 0.717) is 12.0 Å². The molecule has 0 spiro atoms. The van der Waals surface area contributed by atoms with E-state index in [1.54, 1.807) is 37.2 Å². The Kier molecular flexibility index (Phi) is 19.8. The third kappa shape index (κ3) is 12.9. The van der Waals surface area contributed by atoms with E-state index in [9.17, 15) is 0 Å². The summed E-state index contributed by atoms with van der Waals surface area (Å²) in [5.41, 5.74) is 0.0966. The van der Waals surface area contributed by atoms with Gasteiger partial charge in [-0.1, -0.05) is 7.43 Å². The van der Waals surface area contributed by atoms with E-state index in [1.807, 2.05) is 27.7 Å². The largest absolute Gasteiger partial charge is 1.00 e. The summed E-state index contributed by atoms with van der Waals surface area (Å²) in [5.74, 6) is 0. The molecular formula is C22H31BBr2ClN6NaO5. The van der Waals surface area contributed by atoms with Crippen LogP contribution in [0.25, 0.3) is 0 Å². The number of ether oxygens (including phenoxy) is 2. The Balaban J connectivity index is 0. The number of halogens is 3. The number of hydrogen-bond acceptors (Lipinski definition) is 11. The average Bonchev–Trinajstić information content (AvgIpc) is 3.10. The summed E-state index contributed by atoms with van der Waals surface area (Å²) in [4.78, 5) is 23.1. The van der Waals surface area contributed by atoms with Crippen molar-refractivity contribution in [2.75, 3.05) is 21.3 Å². The molecule has 0 amide bonds. The second-order valence-electron chi connectivity index (χ2n) is 7.65. The van der Waals surface area contributed by atoms with Gasteiger partial charge in [0, 0.05) is 42.6 Å². The van der Waals surface area contributed by atoms with Gasteiger partial charge in [0.1, 0.15) is 0 Å². The van der Waals surface area contributed by atoms with Crippen molar-refractivity contribution in [3.05, 3.63) is 51.4 Å². The molecule has 1 aliphatic heterocycles. The van der Waals surface area contributed by atoms with Crippen molar-refractivity contribution in [1.29, 1.82) is 0 Å². The van der Waals surface area contributed by atoms with E-state index in [2.05, 4.69) is 61.8 Å². The fraction of sp³-hybridized carbons (Fsp3) is 0.455. The standard InChI is InChI=1S/C11H17BN2O3.C5H5BrN2O.C4H2BrClN2.CH3O.CH4.Na/c1-10(2)11(3,4)17-12(16-10)8-6-13-9(15-5)14-7-8;1-9-5-7-2-4(6)3-8-5;5-3-1-7-4(6)8-2-3;1-2;;/h6-7H,1-5H3;2-3H,1H3;1-2H;1H3;1H4;/q;;;-1;;+1. The minimum absolute atomic E-state index is 0. The molecule has 0 unspecified atom stereocenters. The summed E-state index contributed by atoms with van der Waals surface area (Å²) in [6.07, 6.45) is 9.77. The molecule has 1 saturated heterocycles. The van der Waals surface area contributed by atoms with Gasteiger partial charge in [0.2, 0.25) is 5.28 Å². The number of methoxy groups -OCH3 is 2. The molecule has 38 heavy (non-hydrogen) atoms. The molecule has 0 aliphatic carbocycles. The maximum atomic E-state index is 8.25. The molecule has 3 aromatic heterocycles. The molecular weight excluding hydrogens is 657 g/mol. The van der Waals surface area contributed by atoms with Crippen LogP contribution in [0.2, 0.25) is 5.28 Å². The Hall–Kier alpha value is -0.965. The van der Waals surface area contributed by atoms with Gasteiger partial charge in [0.25, 0.3) is 0 Å². The number of rotatable bonds is 3. The maximum absolute atomic E-state index is 8.25. The first-order chi connectivity index (χ1) is 17.0. The van der Waals surface area contributed by atoms with E-state index in [4.69, 9.17) is 35.5 Å². The molecule has 3 aromatic rings. The van der Waals surface area contributed by atoms with Crippen LogP contribution in [0.4, 0.5) is 0 Å².